The Morgan fingerprint density at radius 2 is 1.92 bits per heavy atom. The number of hydrogen-bond donors (Lipinski definition) is 0. The first-order chi connectivity index (χ1) is 6.25. The Hall–Kier alpha value is -0.400. The number of alkyl halides is 1. The van der Waals surface area contributed by atoms with Gasteiger partial charge in [-0.2, -0.15) is 0 Å². The zero-order chi connectivity index (χ0) is 9.26. The summed E-state index contributed by atoms with van der Waals surface area (Å²) in [5.41, 5.74) is 0. The number of rotatable bonds is 2. The van der Waals surface area contributed by atoms with Crippen molar-refractivity contribution in [3.8, 4) is 5.75 Å². The van der Waals surface area contributed by atoms with Crippen LogP contribution in [0.4, 0.5) is 0 Å². The Morgan fingerprint density at radius 3 is 2.54 bits per heavy atom. The molecule has 0 N–H and O–H groups in total. The molecule has 1 aromatic carbocycles. The standard InChI is InChI=1S/C10H10Cl2O/c11-7-5-8(6-7)13-10-4-2-1-3-9(10)12/h1-4,7-8H,5-6H2. The summed E-state index contributed by atoms with van der Waals surface area (Å²) >= 11 is 11.8. The molecule has 3 heteroatoms. The lowest BCUT2D eigenvalue weighted by molar-refractivity contribution is 0.124. The van der Waals surface area contributed by atoms with Crippen molar-refractivity contribution in [3.63, 3.8) is 0 Å². The van der Waals surface area contributed by atoms with Crippen LogP contribution in [0, 0.1) is 0 Å². The van der Waals surface area contributed by atoms with Crippen molar-refractivity contribution in [1.82, 2.24) is 0 Å². The van der Waals surface area contributed by atoms with Crippen molar-refractivity contribution < 1.29 is 4.74 Å². The van der Waals surface area contributed by atoms with Gasteiger partial charge >= 0.3 is 0 Å². The van der Waals surface area contributed by atoms with Gasteiger partial charge in [0.05, 0.1) is 5.02 Å². The van der Waals surface area contributed by atoms with Crippen LogP contribution >= 0.6 is 23.2 Å². The second-order valence-electron chi connectivity index (χ2n) is 3.24. The fourth-order valence-electron chi connectivity index (χ4n) is 1.32. The molecule has 0 bridgehead atoms. The summed E-state index contributed by atoms with van der Waals surface area (Å²) in [5, 5.41) is 0.952. The lowest BCUT2D eigenvalue weighted by atomic mass is 9.95. The summed E-state index contributed by atoms with van der Waals surface area (Å²) < 4.78 is 5.64. The maximum absolute atomic E-state index is 5.93. The molecule has 1 aliphatic rings. The fourth-order valence-corrected chi connectivity index (χ4v) is 1.90. The van der Waals surface area contributed by atoms with Crippen LogP contribution in [0.25, 0.3) is 0 Å². The van der Waals surface area contributed by atoms with Gasteiger partial charge in [0.1, 0.15) is 11.9 Å². The average Bonchev–Trinajstić information content (AvgIpc) is 2.06. The van der Waals surface area contributed by atoms with E-state index < -0.39 is 0 Å². The number of ether oxygens (including phenoxy) is 1. The highest BCUT2D eigenvalue weighted by molar-refractivity contribution is 6.32. The van der Waals surface area contributed by atoms with Crippen LogP contribution < -0.4 is 4.74 Å². The normalized spacial score (nSPS) is 26.6. The van der Waals surface area contributed by atoms with Crippen molar-refractivity contribution in [2.24, 2.45) is 0 Å². The van der Waals surface area contributed by atoms with Gasteiger partial charge in [0.2, 0.25) is 0 Å². The third-order valence-corrected chi connectivity index (χ3v) is 2.84. The molecular weight excluding hydrogens is 207 g/mol. The van der Waals surface area contributed by atoms with E-state index in [-0.39, 0.29) is 11.5 Å². The largest absolute Gasteiger partial charge is 0.489 e. The molecule has 70 valence electrons. The molecule has 13 heavy (non-hydrogen) atoms. The van der Waals surface area contributed by atoms with E-state index in [9.17, 15) is 0 Å². The monoisotopic (exact) mass is 216 g/mol. The van der Waals surface area contributed by atoms with Crippen molar-refractivity contribution in [2.75, 3.05) is 0 Å². The summed E-state index contributed by atoms with van der Waals surface area (Å²) in [6.07, 6.45) is 2.10. The van der Waals surface area contributed by atoms with E-state index in [1.54, 1.807) is 0 Å². The average molecular weight is 217 g/mol. The van der Waals surface area contributed by atoms with Gasteiger partial charge in [-0.05, 0) is 12.1 Å². The van der Waals surface area contributed by atoms with Crippen LogP contribution in [-0.2, 0) is 0 Å². The van der Waals surface area contributed by atoms with Gasteiger partial charge in [-0.1, -0.05) is 23.7 Å². The zero-order valence-electron chi connectivity index (χ0n) is 7.04. The van der Waals surface area contributed by atoms with Crippen molar-refractivity contribution in [1.29, 1.82) is 0 Å². The van der Waals surface area contributed by atoms with Crippen molar-refractivity contribution in [3.05, 3.63) is 29.3 Å². The molecule has 1 fully saturated rings. The molecule has 0 unspecified atom stereocenters. The molecule has 0 atom stereocenters. The Labute approximate surface area is 87.6 Å². The van der Waals surface area contributed by atoms with Crippen LogP contribution in [0.15, 0.2) is 24.3 Å². The Balaban J connectivity index is 1.98. The van der Waals surface area contributed by atoms with Gasteiger partial charge in [-0.25, -0.2) is 0 Å². The number of hydrogen-bond acceptors (Lipinski definition) is 1. The Bertz CT molecular complexity index is 295. The minimum absolute atomic E-state index is 0.252. The highest BCUT2D eigenvalue weighted by Crippen LogP contribution is 2.32. The van der Waals surface area contributed by atoms with Crippen molar-refractivity contribution >= 4 is 23.2 Å². The third kappa shape index (κ3) is 2.09. The Morgan fingerprint density at radius 1 is 1.23 bits per heavy atom. The van der Waals surface area contributed by atoms with Gasteiger partial charge in [0, 0.05) is 18.2 Å². The minimum Gasteiger partial charge on any atom is -0.489 e. The highest BCUT2D eigenvalue weighted by Gasteiger charge is 2.29. The molecule has 0 aliphatic heterocycles. The maximum atomic E-state index is 5.93. The summed E-state index contributed by atoms with van der Waals surface area (Å²) in [4.78, 5) is 0. The van der Waals surface area contributed by atoms with E-state index in [4.69, 9.17) is 27.9 Å². The molecule has 0 heterocycles. The number of benzene rings is 1. The van der Waals surface area contributed by atoms with E-state index in [1.165, 1.54) is 0 Å². The summed E-state index contributed by atoms with van der Waals surface area (Å²) in [7, 11) is 0. The maximum Gasteiger partial charge on any atom is 0.138 e. The fraction of sp³-hybridized carbons (Fsp3) is 0.400. The number of halogens is 2. The zero-order valence-corrected chi connectivity index (χ0v) is 8.55. The predicted octanol–water partition coefficient (Wildman–Crippen LogP) is 3.49. The van der Waals surface area contributed by atoms with E-state index >= 15 is 0 Å². The van der Waals surface area contributed by atoms with Gasteiger partial charge in [0.25, 0.3) is 0 Å². The minimum atomic E-state index is 0.252. The quantitative estimate of drug-likeness (QED) is 0.689. The van der Waals surface area contributed by atoms with E-state index in [2.05, 4.69) is 0 Å². The molecule has 1 nitrogen and oxygen atoms in total. The van der Waals surface area contributed by atoms with Crippen LogP contribution in [0.5, 0.6) is 5.75 Å². The lowest BCUT2D eigenvalue weighted by Crippen LogP contribution is -2.34. The number of para-hydroxylation sites is 1. The highest BCUT2D eigenvalue weighted by atomic mass is 35.5. The van der Waals surface area contributed by atoms with Crippen LogP contribution in [0.1, 0.15) is 12.8 Å². The Kier molecular flexibility index (Phi) is 2.66. The van der Waals surface area contributed by atoms with Gasteiger partial charge in [-0.15, -0.1) is 11.6 Å². The SMILES string of the molecule is Clc1ccccc1OC1CC(Cl)C1. The second-order valence-corrected chi connectivity index (χ2v) is 4.26. The first-order valence-corrected chi connectivity index (χ1v) is 5.12. The molecule has 0 spiro atoms. The molecule has 0 saturated heterocycles. The van der Waals surface area contributed by atoms with Gasteiger partial charge in [0.15, 0.2) is 0 Å². The summed E-state index contributed by atoms with van der Waals surface area (Å²) in [5.74, 6) is 0.762. The predicted molar refractivity (Wildman–Crippen MR) is 54.7 cm³/mol. The van der Waals surface area contributed by atoms with Crippen LogP contribution in [0.3, 0.4) is 0 Å². The van der Waals surface area contributed by atoms with Gasteiger partial charge in [-0.3, -0.25) is 0 Å². The molecule has 0 radical (unpaired) electrons. The van der Waals surface area contributed by atoms with Crippen LogP contribution in [-0.4, -0.2) is 11.5 Å². The van der Waals surface area contributed by atoms with E-state index in [0.717, 1.165) is 18.6 Å². The molecule has 0 aromatic heterocycles. The molecule has 2 rings (SSSR count). The first kappa shape index (κ1) is 9.17. The van der Waals surface area contributed by atoms with Crippen LogP contribution in [0.2, 0.25) is 5.02 Å². The topological polar surface area (TPSA) is 9.23 Å². The summed E-state index contributed by atoms with van der Waals surface area (Å²) in [6, 6.07) is 7.51. The first-order valence-electron chi connectivity index (χ1n) is 4.31. The van der Waals surface area contributed by atoms with Crippen molar-refractivity contribution in [2.45, 2.75) is 24.3 Å². The third-order valence-electron chi connectivity index (χ3n) is 2.17. The summed E-state index contributed by atoms with van der Waals surface area (Å²) in [6.45, 7) is 0. The smallest absolute Gasteiger partial charge is 0.138 e. The molecule has 0 amide bonds. The lowest BCUT2D eigenvalue weighted by Gasteiger charge is -2.31. The van der Waals surface area contributed by atoms with Gasteiger partial charge < -0.3 is 4.74 Å². The molecular formula is C10H10Cl2O. The second kappa shape index (κ2) is 3.77. The molecule has 1 saturated carbocycles. The molecule has 1 aliphatic carbocycles. The van der Waals surface area contributed by atoms with E-state index in [0.29, 0.717) is 5.02 Å². The molecule has 1 aromatic rings. The van der Waals surface area contributed by atoms with E-state index in [1.807, 2.05) is 24.3 Å².